The zero-order valence-corrected chi connectivity index (χ0v) is 13.1. The second kappa shape index (κ2) is 5.12. The summed E-state index contributed by atoms with van der Waals surface area (Å²) in [5, 5.41) is 16.0. The van der Waals surface area contributed by atoms with Gasteiger partial charge in [0.05, 0.1) is 0 Å². The van der Waals surface area contributed by atoms with Gasteiger partial charge < -0.3 is 5.11 Å². The van der Waals surface area contributed by atoms with Gasteiger partial charge >= 0.3 is 0 Å². The predicted octanol–water partition coefficient (Wildman–Crippen LogP) is 4.87. The Morgan fingerprint density at radius 2 is 1.32 bits per heavy atom. The molecule has 2 heteroatoms. The van der Waals surface area contributed by atoms with E-state index in [0.717, 1.165) is 32.6 Å². The number of aromatic hydroxyl groups is 1. The summed E-state index contributed by atoms with van der Waals surface area (Å²) >= 11 is 0. The number of phenolic OH excluding ortho intramolecular Hbond substituents is 1. The molecule has 1 N–H and O–H groups in total. The van der Waals surface area contributed by atoms with E-state index in [0.29, 0.717) is 5.75 Å². The summed E-state index contributed by atoms with van der Waals surface area (Å²) in [5.74, 6) is 0.333. The van der Waals surface area contributed by atoms with Gasteiger partial charge in [-0.25, -0.2) is 0 Å². The van der Waals surface area contributed by atoms with Gasteiger partial charge in [-0.05, 0) is 33.2 Å². The van der Waals surface area contributed by atoms with Crippen LogP contribution in [-0.2, 0) is 0 Å². The fourth-order valence-electron chi connectivity index (χ4n) is 3.07. The minimum absolute atomic E-state index is 0.333. The van der Waals surface area contributed by atoms with E-state index < -0.39 is 0 Å². The molecule has 1 nitrogen and oxygen atoms in total. The molecule has 22 heavy (non-hydrogen) atoms. The first-order valence-corrected chi connectivity index (χ1v) is 7.82. The van der Waals surface area contributed by atoms with Crippen molar-refractivity contribution in [3.8, 4) is 16.9 Å². The average molecular weight is 302 g/mol. The molecule has 0 radical (unpaired) electrons. The number of phenols is 1. The second-order valence-corrected chi connectivity index (χ2v) is 6.06. The van der Waals surface area contributed by atoms with Crippen molar-refractivity contribution >= 4 is 36.1 Å². The third-order valence-corrected chi connectivity index (χ3v) is 4.55. The minimum Gasteiger partial charge on any atom is -0.507 e. The maximum absolute atomic E-state index is 10.7. The van der Waals surface area contributed by atoms with Gasteiger partial charge in [0, 0.05) is 10.9 Å². The van der Waals surface area contributed by atoms with Crippen LogP contribution in [0.25, 0.3) is 32.7 Å². The van der Waals surface area contributed by atoms with Crippen molar-refractivity contribution in [3.05, 3.63) is 72.8 Å². The van der Waals surface area contributed by atoms with Crippen molar-refractivity contribution in [2.24, 2.45) is 0 Å². The third-order valence-electron chi connectivity index (χ3n) is 4.11. The molecule has 0 bridgehead atoms. The lowest BCUT2D eigenvalue weighted by molar-refractivity contribution is 0.482. The van der Waals surface area contributed by atoms with Gasteiger partial charge in [-0.15, -0.1) is 9.24 Å². The molecule has 0 spiro atoms. The van der Waals surface area contributed by atoms with Crippen LogP contribution >= 0.6 is 9.24 Å². The first kappa shape index (κ1) is 13.3. The van der Waals surface area contributed by atoms with Crippen molar-refractivity contribution in [2.45, 2.75) is 0 Å². The molecule has 0 aliphatic rings. The Labute approximate surface area is 131 Å². The maximum Gasteiger partial charge on any atom is 0.131 e. The monoisotopic (exact) mass is 302 g/mol. The molecule has 0 heterocycles. The highest BCUT2D eigenvalue weighted by Crippen LogP contribution is 2.39. The highest BCUT2D eigenvalue weighted by Gasteiger charge is 2.14. The largest absolute Gasteiger partial charge is 0.507 e. The molecule has 106 valence electrons. The summed E-state index contributed by atoms with van der Waals surface area (Å²) < 4.78 is 0. The van der Waals surface area contributed by atoms with Crippen molar-refractivity contribution in [1.29, 1.82) is 0 Å². The molecule has 0 aromatic heterocycles. The van der Waals surface area contributed by atoms with Gasteiger partial charge in [-0.3, -0.25) is 0 Å². The normalized spacial score (nSPS) is 11.1. The molecule has 0 saturated carbocycles. The van der Waals surface area contributed by atoms with Crippen LogP contribution in [0.1, 0.15) is 0 Å². The molecular formula is C20H15OP. The highest BCUT2D eigenvalue weighted by atomic mass is 31.0. The van der Waals surface area contributed by atoms with Gasteiger partial charge in [0.2, 0.25) is 0 Å². The molecule has 1 atom stereocenters. The average Bonchev–Trinajstić information content (AvgIpc) is 2.56. The summed E-state index contributed by atoms with van der Waals surface area (Å²) in [6.45, 7) is 0. The van der Waals surface area contributed by atoms with Gasteiger partial charge in [-0.2, -0.15) is 0 Å². The first-order chi connectivity index (χ1) is 10.8. The van der Waals surface area contributed by atoms with Gasteiger partial charge in [0.25, 0.3) is 0 Å². The summed E-state index contributed by atoms with van der Waals surface area (Å²) in [6.07, 6.45) is 0. The molecule has 4 rings (SSSR count). The first-order valence-electron chi connectivity index (χ1n) is 7.24. The molecular weight excluding hydrogens is 287 g/mol. The molecule has 0 amide bonds. The smallest absolute Gasteiger partial charge is 0.131 e. The van der Waals surface area contributed by atoms with Crippen molar-refractivity contribution < 1.29 is 5.11 Å². The van der Waals surface area contributed by atoms with Crippen LogP contribution in [0.2, 0.25) is 0 Å². The summed E-state index contributed by atoms with van der Waals surface area (Å²) in [7, 11) is 2.63. The fourth-order valence-corrected chi connectivity index (χ4v) is 3.40. The molecule has 0 fully saturated rings. The van der Waals surface area contributed by atoms with Crippen LogP contribution in [0.3, 0.4) is 0 Å². The third kappa shape index (κ3) is 1.98. The molecule has 0 aliphatic carbocycles. The quantitative estimate of drug-likeness (QED) is 0.498. The number of rotatable bonds is 1. The standard InChI is InChI=1S/C20H15OP/c21-20-18(22)12-14-7-2-4-10-16(14)19(20)17-11-5-8-13-6-1-3-9-15(13)17/h1-12,21H,22H2. The zero-order valence-electron chi connectivity index (χ0n) is 12.0. The van der Waals surface area contributed by atoms with E-state index in [4.69, 9.17) is 0 Å². The number of fused-ring (bicyclic) bond motifs is 2. The number of hydrogen-bond acceptors (Lipinski definition) is 1. The Morgan fingerprint density at radius 3 is 2.14 bits per heavy atom. The van der Waals surface area contributed by atoms with E-state index in [1.807, 2.05) is 36.4 Å². The second-order valence-electron chi connectivity index (χ2n) is 5.44. The van der Waals surface area contributed by atoms with Gasteiger partial charge in [-0.1, -0.05) is 66.7 Å². The van der Waals surface area contributed by atoms with E-state index in [-0.39, 0.29) is 0 Å². The van der Waals surface area contributed by atoms with Gasteiger partial charge in [0.1, 0.15) is 5.75 Å². The van der Waals surface area contributed by atoms with Crippen LogP contribution < -0.4 is 5.30 Å². The van der Waals surface area contributed by atoms with E-state index >= 15 is 0 Å². The van der Waals surface area contributed by atoms with Crippen LogP contribution in [0.5, 0.6) is 5.75 Å². The van der Waals surface area contributed by atoms with Crippen LogP contribution in [0, 0.1) is 0 Å². The SMILES string of the molecule is Oc1c(P)cc2ccccc2c1-c1cccc2ccccc12. The predicted molar refractivity (Wildman–Crippen MR) is 97.9 cm³/mol. The van der Waals surface area contributed by atoms with E-state index in [1.54, 1.807) is 0 Å². The van der Waals surface area contributed by atoms with Crippen molar-refractivity contribution in [1.82, 2.24) is 0 Å². The fraction of sp³-hybridized carbons (Fsp3) is 0. The minimum atomic E-state index is 0.333. The summed E-state index contributed by atoms with van der Waals surface area (Å²) in [5.41, 5.74) is 1.97. The molecule has 4 aromatic rings. The lowest BCUT2D eigenvalue weighted by Gasteiger charge is -2.14. The number of hydrogen-bond donors (Lipinski definition) is 1. The van der Waals surface area contributed by atoms with E-state index in [1.165, 1.54) is 5.39 Å². The van der Waals surface area contributed by atoms with Gasteiger partial charge in [0.15, 0.2) is 0 Å². The lowest BCUT2D eigenvalue weighted by Crippen LogP contribution is -1.96. The van der Waals surface area contributed by atoms with Crippen molar-refractivity contribution in [3.63, 3.8) is 0 Å². The van der Waals surface area contributed by atoms with Crippen LogP contribution in [0.4, 0.5) is 0 Å². The molecule has 4 aromatic carbocycles. The summed E-state index contributed by atoms with van der Waals surface area (Å²) in [4.78, 5) is 0. The Morgan fingerprint density at radius 1 is 0.682 bits per heavy atom. The number of benzene rings is 4. The van der Waals surface area contributed by atoms with E-state index in [9.17, 15) is 5.11 Å². The zero-order chi connectivity index (χ0) is 15.1. The Bertz CT molecular complexity index is 1000. The Balaban J connectivity index is 2.19. The Hall–Kier alpha value is -2.37. The molecule has 0 saturated heterocycles. The lowest BCUT2D eigenvalue weighted by atomic mass is 9.93. The van der Waals surface area contributed by atoms with E-state index in [2.05, 4.69) is 45.6 Å². The molecule has 0 aliphatic heterocycles. The Kier molecular flexibility index (Phi) is 3.10. The molecule has 1 unspecified atom stereocenters. The summed E-state index contributed by atoms with van der Waals surface area (Å²) in [6, 6.07) is 24.7. The highest BCUT2D eigenvalue weighted by molar-refractivity contribution is 7.27. The van der Waals surface area contributed by atoms with Crippen molar-refractivity contribution in [2.75, 3.05) is 0 Å². The van der Waals surface area contributed by atoms with Crippen LogP contribution in [0.15, 0.2) is 72.8 Å². The van der Waals surface area contributed by atoms with Crippen LogP contribution in [-0.4, -0.2) is 5.11 Å². The topological polar surface area (TPSA) is 20.2 Å². The maximum atomic E-state index is 10.7.